The normalized spacial score (nSPS) is 11.9. The molecule has 0 amide bonds. The lowest BCUT2D eigenvalue weighted by atomic mass is 9.91. The highest BCUT2D eigenvalue weighted by Crippen LogP contribution is 2.33. The third-order valence-electron chi connectivity index (χ3n) is 3.19. The van der Waals surface area contributed by atoms with Crippen LogP contribution < -0.4 is 0 Å². The molecule has 0 fully saturated rings. The number of rotatable bonds is 3. The zero-order chi connectivity index (χ0) is 13.8. The van der Waals surface area contributed by atoms with E-state index in [9.17, 15) is 5.26 Å². The summed E-state index contributed by atoms with van der Waals surface area (Å²) in [6, 6.07) is 15.7. The Labute approximate surface area is 123 Å². The molecule has 3 heteroatoms. The van der Waals surface area contributed by atoms with Gasteiger partial charge in [0, 0.05) is 15.6 Å². The molecule has 0 N–H and O–H groups in total. The van der Waals surface area contributed by atoms with Crippen LogP contribution in [-0.4, -0.2) is 0 Å². The Morgan fingerprint density at radius 2 is 1.68 bits per heavy atom. The maximum Gasteiger partial charge on any atom is 0.0782 e. The average Bonchev–Trinajstić information content (AvgIpc) is 2.39. The zero-order valence-corrected chi connectivity index (χ0v) is 12.0. The molecule has 0 heterocycles. The third kappa shape index (κ3) is 3.10. The Morgan fingerprint density at radius 1 is 1.05 bits per heavy atom. The van der Waals surface area contributed by atoms with Crippen LogP contribution in [0.4, 0.5) is 0 Å². The molecule has 0 aliphatic carbocycles. The van der Waals surface area contributed by atoms with Crippen LogP contribution in [0.1, 0.15) is 22.6 Å². The monoisotopic (exact) mass is 289 g/mol. The fourth-order valence-electron chi connectivity index (χ4n) is 2.11. The second-order valence-electron chi connectivity index (χ2n) is 4.45. The lowest BCUT2D eigenvalue weighted by molar-refractivity contribution is 0.843. The van der Waals surface area contributed by atoms with Crippen molar-refractivity contribution in [3.8, 4) is 6.07 Å². The first-order valence-corrected chi connectivity index (χ1v) is 6.77. The standard InChI is InChI=1S/C16H13Cl2N/c1-11-5-2-3-6-12(11)9-13(10-19)16-14(17)7-4-8-15(16)18/h2-8,13H,9H2,1H3. The summed E-state index contributed by atoms with van der Waals surface area (Å²) in [4.78, 5) is 0. The van der Waals surface area contributed by atoms with E-state index in [4.69, 9.17) is 23.2 Å². The number of hydrogen-bond donors (Lipinski definition) is 0. The minimum atomic E-state index is -0.331. The van der Waals surface area contributed by atoms with Crippen molar-refractivity contribution in [3.05, 3.63) is 69.2 Å². The smallest absolute Gasteiger partial charge is 0.0782 e. The van der Waals surface area contributed by atoms with Crippen molar-refractivity contribution in [3.63, 3.8) is 0 Å². The SMILES string of the molecule is Cc1ccccc1CC(C#N)c1c(Cl)cccc1Cl. The van der Waals surface area contributed by atoms with E-state index < -0.39 is 0 Å². The molecular weight excluding hydrogens is 277 g/mol. The highest BCUT2D eigenvalue weighted by molar-refractivity contribution is 6.36. The van der Waals surface area contributed by atoms with E-state index in [1.165, 1.54) is 5.56 Å². The van der Waals surface area contributed by atoms with Crippen LogP contribution >= 0.6 is 23.2 Å². The molecule has 96 valence electrons. The predicted octanol–water partition coefficient (Wildman–Crippen LogP) is 5.15. The summed E-state index contributed by atoms with van der Waals surface area (Å²) in [5.74, 6) is -0.331. The number of nitriles is 1. The summed E-state index contributed by atoms with van der Waals surface area (Å²) < 4.78 is 0. The number of benzene rings is 2. The van der Waals surface area contributed by atoms with Crippen molar-refractivity contribution in [2.24, 2.45) is 0 Å². The van der Waals surface area contributed by atoms with Gasteiger partial charge in [-0.3, -0.25) is 0 Å². The highest BCUT2D eigenvalue weighted by atomic mass is 35.5. The first-order valence-electron chi connectivity index (χ1n) is 6.01. The van der Waals surface area contributed by atoms with Crippen molar-refractivity contribution in [2.45, 2.75) is 19.3 Å². The zero-order valence-electron chi connectivity index (χ0n) is 10.5. The Kier molecular flexibility index (Phi) is 4.47. The Bertz CT molecular complexity index is 609. The molecule has 0 bridgehead atoms. The summed E-state index contributed by atoms with van der Waals surface area (Å²) in [5, 5.41) is 10.5. The van der Waals surface area contributed by atoms with Gasteiger partial charge < -0.3 is 0 Å². The van der Waals surface area contributed by atoms with Crippen LogP contribution in [0.25, 0.3) is 0 Å². The maximum absolute atomic E-state index is 9.41. The molecule has 2 aromatic rings. The minimum Gasteiger partial charge on any atom is -0.198 e. The third-order valence-corrected chi connectivity index (χ3v) is 3.85. The predicted molar refractivity (Wildman–Crippen MR) is 79.7 cm³/mol. The summed E-state index contributed by atoms with van der Waals surface area (Å²) in [7, 11) is 0. The first kappa shape index (κ1) is 13.9. The fourth-order valence-corrected chi connectivity index (χ4v) is 2.78. The molecule has 1 atom stereocenters. The van der Waals surface area contributed by atoms with Crippen LogP contribution in [0.15, 0.2) is 42.5 Å². The minimum absolute atomic E-state index is 0.331. The largest absolute Gasteiger partial charge is 0.198 e. The van der Waals surface area contributed by atoms with E-state index >= 15 is 0 Å². The van der Waals surface area contributed by atoms with Gasteiger partial charge in [-0.2, -0.15) is 5.26 Å². The van der Waals surface area contributed by atoms with E-state index in [1.54, 1.807) is 18.2 Å². The number of hydrogen-bond acceptors (Lipinski definition) is 1. The summed E-state index contributed by atoms with van der Waals surface area (Å²) >= 11 is 12.3. The van der Waals surface area contributed by atoms with Gasteiger partial charge >= 0.3 is 0 Å². The molecular formula is C16H13Cl2N. The molecule has 2 rings (SSSR count). The van der Waals surface area contributed by atoms with Crippen LogP contribution in [0, 0.1) is 18.3 Å². The van der Waals surface area contributed by atoms with Gasteiger partial charge in [0.15, 0.2) is 0 Å². The second kappa shape index (κ2) is 6.10. The molecule has 0 saturated heterocycles. The average molecular weight is 290 g/mol. The van der Waals surface area contributed by atoms with E-state index in [-0.39, 0.29) is 5.92 Å². The van der Waals surface area contributed by atoms with Crippen LogP contribution in [0.2, 0.25) is 10.0 Å². The van der Waals surface area contributed by atoms with Gasteiger partial charge in [-0.15, -0.1) is 0 Å². The topological polar surface area (TPSA) is 23.8 Å². The van der Waals surface area contributed by atoms with Crippen molar-refractivity contribution in [2.75, 3.05) is 0 Å². The summed E-state index contributed by atoms with van der Waals surface area (Å²) in [6.07, 6.45) is 0.618. The maximum atomic E-state index is 9.41. The van der Waals surface area contributed by atoms with Gasteiger partial charge in [-0.1, -0.05) is 53.5 Å². The molecule has 0 aliphatic heterocycles. The molecule has 1 nitrogen and oxygen atoms in total. The van der Waals surface area contributed by atoms with Crippen molar-refractivity contribution >= 4 is 23.2 Å². The lowest BCUT2D eigenvalue weighted by Gasteiger charge is -2.14. The van der Waals surface area contributed by atoms with Crippen molar-refractivity contribution in [1.82, 2.24) is 0 Å². The molecule has 0 spiro atoms. The van der Waals surface area contributed by atoms with E-state index in [0.717, 1.165) is 11.1 Å². The van der Waals surface area contributed by atoms with Gasteiger partial charge in [0.25, 0.3) is 0 Å². The Hall–Kier alpha value is -1.49. The van der Waals surface area contributed by atoms with Gasteiger partial charge in [-0.05, 0) is 36.6 Å². The summed E-state index contributed by atoms with van der Waals surface area (Å²) in [5.41, 5.74) is 3.03. The molecule has 0 aliphatic rings. The van der Waals surface area contributed by atoms with Gasteiger partial charge in [0.05, 0.1) is 12.0 Å². The quantitative estimate of drug-likeness (QED) is 0.766. The molecule has 0 aromatic heterocycles. The molecule has 2 aromatic carbocycles. The van der Waals surface area contributed by atoms with E-state index in [2.05, 4.69) is 6.07 Å². The van der Waals surface area contributed by atoms with Gasteiger partial charge in [0.1, 0.15) is 0 Å². The number of aryl methyl sites for hydroxylation is 1. The Morgan fingerprint density at radius 3 is 2.26 bits per heavy atom. The van der Waals surface area contributed by atoms with Crippen LogP contribution in [-0.2, 0) is 6.42 Å². The summed E-state index contributed by atoms with van der Waals surface area (Å²) in [6.45, 7) is 2.04. The van der Waals surface area contributed by atoms with E-state index in [1.807, 2.05) is 31.2 Å². The molecule has 0 saturated carbocycles. The van der Waals surface area contributed by atoms with Crippen LogP contribution in [0.3, 0.4) is 0 Å². The molecule has 0 radical (unpaired) electrons. The van der Waals surface area contributed by atoms with E-state index in [0.29, 0.717) is 16.5 Å². The van der Waals surface area contributed by atoms with Gasteiger partial charge in [0.2, 0.25) is 0 Å². The number of nitrogens with zero attached hydrogens (tertiary/aromatic N) is 1. The molecule has 19 heavy (non-hydrogen) atoms. The highest BCUT2D eigenvalue weighted by Gasteiger charge is 2.18. The fraction of sp³-hybridized carbons (Fsp3) is 0.188. The number of halogens is 2. The van der Waals surface area contributed by atoms with Crippen molar-refractivity contribution < 1.29 is 0 Å². The lowest BCUT2D eigenvalue weighted by Crippen LogP contribution is -2.03. The first-order chi connectivity index (χ1) is 9.13. The Balaban J connectivity index is 2.37. The molecule has 1 unspecified atom stereocenters. The second-order valence-corrected chi connectivity index (χ2v) is 5.26. The van der Waals surface area contributed by atoms with Crippen molar-refractivity contribution in [1.29, 1.82) is 5.26 Å². The van der Waals surface area contributed by atoms with Crippen LogP contribution in [0.5, 0.6) is 0 Å². The van der Waals surface area contributed by atoms with Gasteiger partial charge in [-0.25, -0.2) is 0 Å².